The van der Waals surface area contributed by atoms with Gasteiger partial charge < -0.3 is 53.8 Å². The molecule has 0 spiro atoms. The van der Waals surface area contributed by atoms with Gasteiger partial charge in [0.1, 0.15) is 23.0 Å². The first-order chi connectivity index (χ1) is 53.4. The molecule has 3 saturated heterocycles. The van der Waals surface area contributed by atoms with E-state index in [0.29, 0.717) is 56.9 Å². The molecular formula is C83H97ClN6O21. The molecular weight excluding hydrogens is 1450 g/mol. The lowest BCUT2D eigenvalue weighted by Gasteiger charge is -2.23. The number of anilines is 3. The molecule has 0 aromatic heterocycles. The van der Waals surface area contributed by atoms with Gasteiger partial charge in [0, 0.05) is 16.7 Å². The van der Waals surface area contributed by atoms with Gasteiger partial charge in [-0.3, -0.25) is 43.2 Å². The van der Waals surface area contributed by atoms with E-state index in [9.17, 15) is 62.3 Å². The molecule has 6 aromatic rings. The topological polar surface area (TPSA) is 342 Å². The number of halogens is 1. The maximum absolute atomic E-state index is 13.8. The van der Waals surface area contributed by atoms with E-state index in [-0.39, 0.29) is 63.8 Å². The van der Waals surface area contributed by atoms with Crippen LogP contribution >= 0.6 is 11.6 Å². The number of hydrogen-bond donors (Lipinski definition) is 3. The lowest BCUT2D eigenvalue weighted by molar-refractivity contribution is -0.134. The van der Waals surface area contributed by atoms with Crippen molar-refractivity contribution in [2.24, 2.45) is 0 Å². The number of Topliss-reactive ketones (excluding diaryl/α,β-unsaturated/α-hetero) is 3. The number of ether oxygens (including phenoxy) is 8. The first-order valence-corrected chi connectivity index (χ1v) is 37.5. The van der Waals surface area contributed by atoms with Crippen LogP contribution in [0.5, 0.6) is 23.0 Å². The zero-order valence-electron chi connectivity index (χ0n) is 64.2. The van der Waals surface area contributed by atoms with Crippen molar-refractivity contribution >= 4 is 106 Å². The normalized spacial score (nSPS) is 15.8. The number of methoxy groups -OCH3 is 4. The number of hydrogen-bond acceptors (Lipinski definition) is 21. The number of esters is 1. The highest BCUT2D eigenvalue weighted by Crippen LogP contribution is 2.33. The fraction of sp³-hybridized carbons (Fsp3) is 0.410. The minimum Gasteiger partial charge on any atom is -0.497 e. The van der Waals surface area contributed by atoms with Gasteiger partial charge in [-0.15, -0.1) is 0 Å². The smallest absolute Gasteiger partial charge is 0.418 e. The molecule has 9 amide bonds. The molecule has 0 aliphatic carbocycles. The number of nitrogens with zero attached hydrogens (tertiary/aromatic N) is 3. The van der Waals surface area contributed by atoms with Crippen LogP contribution in [0.15, 0.2) is 133 Å². The predicted octanol–water partition coefficient (Wildman–Crippen LogP) is 14.8. The Morgan fingerprint density at radius 2 is 0.766 bits per heavy atom. The summed E-state index contributed by atoms with van der Waals surface area (Å²) in [5, 5.41) is 8.05. The molecule has 3 fully saturated rings. The van der Waals surface area contributed by atoms with E-state index in [0.717, 1.165) is 43.2 Å². The van der Waals surface area contributed by atoms with Crippen molar-refractivity contribution in [1.29, 1.82) is 0 Å². The van der Waals surface area contributed by atoms with Crippen molar-refractivity contribution in [1.82, 2.24) is 14.7 Å². The van der Waals surface area contributed by atoms with Crippen molar-refractivity contribution < 1.29 is 100 Å². The molecule has 6 unspecified atom stereocenters. The summed E-state index contributed by atoms with van der Waals surface area (Å²) in [5.41, 5.74) is 2.86. The highest BCUT2D eigenvalue weighted by atomic mass is 35.5. The molecule has 0 saturated carbocycles. The van der Waals surface area contributed by atoms with E-state index in [1.54, 1.807) is 92.7 Å². The van der Waals surface area contributed by atoms with Crippen LogP contribution in [0.4, 0.5) is 31.4 Å². The number of benzene rings is 6. The summed E-state index contributed by atoms with van der Waals surface area (Å²) in [5.74, 6) is -6.10. The van der Waals surface area contributed by atoms with E-state index < -0.39 is 113 Å². The van der Waals surface area contributed by atoms with Crippen molar-refractivity contribution in [3.05, 3.63) is 172 Å². The Balaban J connectivity index is 0.000000237. The quantitative estimate of drug-likeness (QED) is 0.0107. The first kappa shape index (κ1) is 86.8. The van der Waals surface area contributed by atoms with Gasteiger partial charge in [0.25, 0.3) is 35.4 Å². The van der Waals surface area contributed by atoms with E-state index in [1.165, 1.54) is 128 Å². The van der Waals surface area contributed by atoms with Gasteiger partial charge in [0.2, 0.25) is 0 Å². The number of imide groups is 3. The van der Waals surface area contributed by atoms with E-state index in [4.69, 9.17) is 49.5 Å². The zero-order valence-corrected chi connectivity index (χ0v) is 64.9. The summed E-state index contributed by atoms with van der Waals surface area (Å²) in [6, 6.07) is 29.1. The minimum absolute atomic E-state index is 0.0781. The lowest BCUT2D eigenvalue weighted by atomic mass is 10.0. The molecule has 6 atom stereocenters. The third-order valence-electron chi connectivity index (χ3n) is 18.4. The molecule has 3 aliphatic heterocycles. The van der Waals surface area contributed by atoms with Gasteiger partial charge in [0.15, 0.2) is 53.8 Å². The second-order valence-electron chi connectivity index (χ2n) is 26.4. The Labute approximate surface area is 650 Å². The Morgan fingerprint density at radius 3 is 1.18 bits per heavy atom. The van der Waals surface area contributed by atoms with Crippen molar-refractivity contribution in [3.8, 4) is 23.0 Å². The maximum atomic E-state index is 13.8. The number of rotatable bonds is 38. The summed E-state index contributed by atoms with van der Waals surface area (Å²) < 4.78 is 41.9. The van der Waals surface area contributed by atoms with Crippen LogP contribution in [-0.2, 0) is 47.7 Å². The number of nitrogens with one attached hydrogen (secondary N) is 3. The molecule has 28 heteroatoms. The first-order valence-electron chi connectivity index (χ1n) is 37.1. The number of unbranched alkanes of at least 4 members (excludes halogenated alkanes) is 11. The average molecular weight is 1550 g/mol. The molecule has 3 heterocycles. The Bertz CT molecular complexity index is 4290. The summed E-state index contributed by atoms with van der Waals surface area (Å²) in [6.45, 7) is 11.7. The monoisotopic (exact) mass is 1550 g/mol. The number of aryl methyl sites for hydroxylation is 2. The summed E-state index contributed by atoms with van der Waals surface area (Å²) in [6.07, 6.45) is 9.02. The minimum atomic E-state index is -1.84. The SMILES string of the molecule is CCC1OC(=O)N(C(C(=O)Nc2cc(C)ccc2Cl)C(=O)c2ccc(OC)cc2)C1=O.CCCCC1OC(=O)N(C(C(=O)Nc2cc(C)ccc2OC)C(=O)c2ccc(OC)cc2)C1=O.CCCCCCCCCCCCOC(=O)c1ccc(OC)c(NC(=O)C(C(=O)c2ccccc2)N2C(=O)OC(CCCC)C2=O)c1. The van der Waals surface area contributed by atoms with E-state index >= 15 is 0 Å². The largest absolute Gasteiger partial charge is 0.497 e. The Kier molecular flexibility index (Phi) is 33.6. The number of amides is 9. The number of carbonyl (C=O) groups excluding carboxylic acids is 13. The van der Waals surface area contributed by atoms with Crippen LogP contribution in [0.25, 0.3) is 0 Å². The van der Waals surface area contributed by atoms with Gasteiger partial charge in [-0.05, 0) is 154 Å². The third kappa shape index (κ3) is 23.3. The lowest BCUT2D eigenvalue weighted by Crippen LogP contribution is -2.52. The fourth-order valence-corrected chi connectivity index (χ4v) is 12.4. The van der Waals surface area contributed by atoms with Crippen molar-refractivity contribution in [2.75, 3.05) is 51.0 Å². The second-order valence-corrected chi connectivity index (χ2v) is 26.9. The standard InChI is InChI=1S/C36H48N2O8.C25H28N2O7.C22H21ClN2O6/c1-4-6-8-9-10-11-12-13-14-18-24-45-35(42)27-22-23-29(44-3)28(25-27)37-33(40)31(32(39)26-19-16-15-17-20-26)38-34(41)30(21-7-5-2)46-36(38)43;1-5-6-7-20-24(30)27(25(31)34-20)21(22(28)16-9-11-17(32-3)12-10-16)23(29)26-18-14-15(2)8-13-19(18)33-4;1-4-17-21(28)25(22(29)31-17)18(19(26)13-6-8-14(30-3)9-7-13)20(27)24-16-11-12(2)5-10-15(16)23/h15-17,19-20,22-23,25,30-31H,4-14,18,21,24H2,1-3H3,(H,37,40);8-14,20-21H,5-7H2,1-4H3,(H,26,29);5-11,17-18H,4H2,1-3H3,(H,24,27). The van der Waals surface area contributed by atoms with Gasteiger partial charge in [-0.2, -0.15) is 0 Å². The summed E-state index contributed by atoms with van der Waals surface area (Å²) in [4.78, 5) is 172. The second kappa shape index (κ2) is 43.1. The van der Waals surface area contributed by atoms with Gasteiger partial charge in [0.05, 0.1) is 62.7 Å². The van der Waals surface area contributed by atoms with E-state index in [1.807, 2.05) is 20.8 Å². The number of cyclic esters (lactones) is 3. The van der Waals surface area contributed by atoms with Crippen molar-refractivity contribution in [3.63, 3.8) is 0 Å². The highest BCUT2D eigenvalue weighted by molar-refractivity contribution is 6.34. The molecule has 3 aliphatic rings. The van der Waals surface area contributed by atoms with E-state index in [2.05, 4.69) is 22.9 Å². The molecule has 6 aromatic carbocycles. The molecule has 592 valence electrons. The number of ketones is 3. The highest BCUT2D eigenvalue weighted by Gasteiger charge is 2.52. The molecule has 27 nitrogen and oxygen atoms in total. The maximum Gasteiger partial charge on any atom is 0.418 e. The van der Waals surface area contributed by atoms with Crippen LogP contribution in [0.3, 0.4) is 0 Å². The molecule has 9 rings (SSSR count). The van der Waals surface area contributed by atoms with Crippen LogP contribution < -0.4 is 34.9 Å². The zero-order chi connectivity index (χ0) is 80.8. The summed E-state index contributed by atoms with van der Waals surface area (Å²) in [7, 11) is 5.79. The molecule has 3 N–H and O–H groups in total. The molecule has 0 radical (unpaired) electrons. The van der Waals surface area contributed by atoms with Crippen molar-refractivity contribution in [2.45, 2.75) is 187 Å². The van der Waals surface area contributed by atoms with Gasteiger partial charge in [-0.1, -0.05) is 152 Å². The third-order valence-corrected chi connectivity index (χ3v) is 18.7. The number of carbonyl (C=O) groups is 13. The molecule has 111 heavy (non-hydrogen) atoms. The van der Waals surface area contributed by atoms with Crippen LogP contribution in [-0.4, -0.2) is 163 Å². The van der Waals surface area contributed by atoms with Gasteiger partial charge >= 0.3 is 24.2 Å². The Hall–Kier alpha value is -11.5. The predicted molar refractivity (Wildman–Crippen MR) is 412 cm³/mol. The average Bonchev–Trinajstić information content (AvgIpc) is 1.69. The van der Waals surface area contributed by atoms with Crippen LogP contribution in [0.1, 0.15) is 189 Å². The Morgan fingerprint density at radius 1 is 0.405 bits per heavy atom. The van der Waals surface area contributed by atoms with Crippen LogP contribution in [0.2, 0.25) is 5.02 Å². The van der Waals surface area contributed by atoms with Crippen LogP contribution in [0, 0.1) is 13.8 Å². The van der Waals surface area contributed by atoms with Gasteiger partial charge in [-0.25, -0.2) is 33.9 Å². The fourth-order valence-electron chi connectivity index (χ4n) is 12.2. The molecule has 0 bridgehead atoms. The summed E-state index contributed by atoms with van der Waals surface area (Å²) >= 11 is 6.15.